The molecular weight excluding hydrogens is 252 g/mol. The smallest absolute Gasteiger partial charge is 0.308 e. The van der Waals surface area contributed by atoms with Gasteiger partial charge in [-0.2, -0.15) is 0 Å². The molecule has 0 spiro atoms. The lowest BCUT2D eigenvalue weighted by Gasteiger charge is -2.33. The van der Waals surface area contributed by atoms with E-state index in [2.05, 4.69) is 0 Å². The molecule has 1 fully saturated rings. The number of aliphatic carboxylic acids is 1. The molecule has 7 nitrogen and oxygen atoms in total. The van der Waals surface area contributed by atoms with Crippen molar-refractivity contribution in [2.24, 2.45) is 5.92 Å². The van der Waals surface area contributed by atoms with Crippen molar-refractivity contribution >= 4 is 17.6 Å². The van der Waals surface area contributed by atoms with Gasteiger partial charge in [-0.1, -0.05) is 0 Å². The van der Waals surface area contributed by atoms with E-state index in [4.69, 9.17) is 10.5 Å². The van der Waals surface area contributed by atoms with Gasteiger partial charge in [-0.3, -0.25) is 9.59 Å². The van der Waals surface area contributed by atoms with Crippen molar-refractivity contribution in [3.05, 3.63) is 11.8 Å². The number of rotatable bonds is 4. The molecule has 1 aliphatic rings. The molecule has 1 amide bonds. The van der Waals surface area contributed by atoms with Crippen LogP contribution in [-0.4, -0.2) is 57.0 Å². The van der Waals surface area contributed by atoms with Gasteiger partial charge in [0.2, 0.25) is 5.91 Å². The van der Waals surface area contributed by atoms with Crippen LogP contribution < -0.4 is 0 Å². The van der Waals surface area contributed by atoms with Crippen LogP contribution in [0.4, 0.5) is 0 Å². The van der Waals surface area contributed by atoms with Gasteiger partial charge in [0, 0.05) is 18.8 Å². The monoisotopic (exact) mass is 270 g/mol. The van der Waals surface area contributed by atoms with Crippen molar-refractivity contribution in [2.45, 2.75) is 25.9 Å². The average Bonchev–Trinajstić information content (AvgIpc) is 2.26. The number of amides is 1. The molecule has 0 aromatic carbocycles. The molecule has 2 atom stereocenters. The predicted molar refractivity (Wildman–Crippen MR) is 67.1 cm³/mol. The van der Waals surface area contributed by atoms with Crippen LogP contribution in [0.15, 0.2) is 11.8 Å². The van der Waals surface area contributed by atoms with Gasteiger partial charge in [0.05, 0.1) is 18.4 Å². The first-order valence-electron chi connectivity index (χ1n) is 5.93. The molecule has 0 aromatic rings. The molecule has 106 valence electrons. The Morgan fingerprint density at radius 3 is 2.53 bits per heavy atom. The van der Waals surface area contributed by atoms with Crippen molar-refractivity contribution in [3.63, 3.8) is 0 Å². The van der Waals surface area contributed by atoms with E-state index >= 15 is 0 Å². The number of nitrogens with zero attached hydrogens (tertiary/aromatic N) is 1. The van der Waals surface area contributed by atoms with Crippen molar-refractivity contribution in [1.82, 2.24) is 4.90 Å². The van der Waals surface area contributed by atoms with E-state index in [1.165, 1.54) is 11.8 Å². The van der Waals surface area contributed by atoms with Gasteiger partial charge in [-0.15, -0.1) is 0 Å². The SMILES string of the molecule is CC(=N)/C=C(\O)CC(=O)N1C[C@H](O)C[C@@H](C(=O)O)C1. The average molecular weight is 270 g/mol. The highest BCUT2D eigenvalue weighted by Crippen LogP contribution is 2.18. The molecule has 1 rings (SSSR count). The maximum atomic E-state index is 11.9. The minimum Gasteiger partial charge on any atom is -0.512 e. The molecule has 0 saturated carbocycles. The summed E-state index contributed by atoms with van der Waals surface area (Å²) in [5, 5.41) is 35.1. The molecule has 7 heteroatoms. The first-order valence-corrected chi connectivity index (χ1v) is 5.93. The standard InChI is InChI=1S/C12H18N2O5/c1-7(13)2-9(15)4-11(17)14-5-8(12(18)19)3-10(16)6-14/h2,8,10,13,15-16H,3-6H2,1H3,(H,18,19)/b9-2-,13-7?/t8-,10-/m1/s1. The van der Waals surface area contributed by atoms with Crippen LogP contribution >= 0.6 is 0 Å². The van der Waals surface area contributed by atoms with Crippen LogP contribution in [0.1, 0.15) is 19.8 Å². The fourth-order valence-electron chi connectivity index (χ4n) is 2.02. The molecule has 0 radical (unpaired) electrons. The van der Waals surface area contributed by atoms with Crippen molar-refractivity contribution in [2.75, 3.05) is 13.1 Å². The number of carbonyl (C=O) groups is 2. The number of carboxylic acids is 1. The summed E-state index contributed by atoms with van der Waals surface area (Å²) < 4.78 is 0. The Morgan fingerprint density at radius 1 is 1.37 bits per heavy atom. The number of aliphatic hydroxyl groups is 2. The third-order valence-corrected chi connectivity index (χ3v) is 2.85. The minimum atomic E-state index is -1.05. The van der Waals surface area contributed by atoms with Crippen LogP contribution in [0.3, 0.4) is 0 Å². The molecular formula is C12H18N2O5. The fraction of sp³-hybridized carbons (Fsp3) is 0.583. The van der Waals surface area contributed by atoms with Gasteiger partial charge in [-0.05, 0) is 19.4 Å². The van der Waals surface area contributed by atoms with Crippen LogP contribution in [0.25, 0.3) is 0 Å². The van der Waals surface area contributed by atoms with E-state index in [1.807, 2.05) is 0 Å². The molecule has 1 heterocycles. The summed E-state index contributed by atoms with van der Waals surface area (Å²) in [5.41, 5.74) is 0.118. The number of nitrogens with one attached hydrogen (secondary N) is 1. The number of allylic oxidation sites excluding steroid dienone is 1. The highest BCUT2D eigenvalue weighted by atomic mass is 16.4. The third kappa shape index (κ3) is 4.70. The van der Waals surface area contributed by atoms with Gasteiger partial charge in [-0.25, -0.2) is 0 Å². The molecule has 0 unspecified atom stereocenters. The van der Waals surface area contributed by atoms with Gasteiger partial charge in [0.25, 0.3) is 0 Å². The van der Waals surface area contributed by atoms with Gasteiger partial charge < -0.3 is 25.6 Å². The van der Waals surface area contributed by atoms with E-state index in [0.717, 1.165) is 6.08 Å². The van der Waals surface area contributed by atoms with Crippen LogP contribution in [0.2, 0.25) is 0 Å². The van der Waals surface area contributed by atoms with E-state index in [0.29, 0.717) is 0 Å². The third-order valence-electron chi connectivity index (χ3n) is 2.85. The molecule has 1 saturated heterocycles. The molecule has 0 aliphatic carbocycles. The zero-order chi connectivity index (χ0) is 14.6. The Bertz CT molecular complexity index is 418. The summed E-state index contributed by atoms with van der Waals surface area (Å²) in [6.07, 6.45) is 0.123. The number of hydrogen-bond acceptors (Lipinski definition) is 5. The second kappa shape index (κ2) is 6.33. The maximum Gasteiger partial charge on any atom is 0.308 e. The predicted octanol–water partition coefficient (Wildman–Crippen LogP) is 0.152. The van der Waals surface area contributed by atoms with Crippen LogP contribution in [-0.2, 0) is 9.59 Å². The number of β-amino-alcohol motifs (C(OH)–C–C–N with tert-alkyl or cyclic N) is 1. The summed E-state index contributed by atoms with van der Waals surface area (Å²) >= 11 is 0. The van der Waals surface area contributed by atoms with Gasteiger partial charge >= 0.3 is 5.97 Å². The Balaban J connectivity index is 2.66. The number of carboxylic acid groups (broad SMARTS) is 1. The Morgan fingerprint density at radius 2 is 2.00 bits per heavy atom. The molecule has 19 heavy (non-hydrogen) atoms. The Labute approximate surface area is 110 Å². The second-order valence-electron chi connectivity index (χ2n) is 4.72. The zero-order valence-electron chi connectivity index (χ0n) is 10.7. The number of carbonyl (C=O) groups excluding carboxylic acids is 1. The van der Waals surface area contributed by atoms with E-state index in [-0.39, 0.29) is 37.4 Å². The Kier molecular flexibility index (Phi) is 5.05. The molecule has 0 aromatic heterocycles. The number of hydrogen-bond donors (Lipinski definition) is 4. The van der Waals surface area contributed by atoms with Crippen LogP contribution in [0.5, 0.6) is 0 Å². The molecule has 0 bridgehead atoms. The highest BCUT2D eigenvalue weighted by molar-refractivity contribution is 5.91. The quantitative estimate of drug-likeness (QED) is 0.428. The van der Waals surface area contributed by atoms with Crippen molar-refractivity contribution in [3.8, 4) is 0 Å². The normalized spacial score (nSPS) is 24.1. The second-order valence-corrected chi connectivity index (χ2v) is 4.72. The summed E-state index contributed by atoms with van der Waals surface area (Å²) in [4.78, 5) is 24.0. The number of aliphatic hydroxyl groups excluding tert-OH is 2. The summed E-state index contributed by atoms with van der Waals surface area (Å²) in [5.74, 6) is -2.54. The lowest BCUT2D eigenvalue weighted by Crippen LogP contribution is -2.48. The maximum absolute atomic E-state index is 11.9. The van der Waals surface area contributed by atoms with Crippen LogP contribution in [0, 0.1) is 11.3 Å². The lowest BCUT2D eigenvalue weighted by molar-refractivity contribution is -0.148. The Hall–Kier alpha value is -1.89. The minimum absolute atomic E-state index is 0.0298. The summed E-state index contributed by atoms with van der Waals surface area (Å²) in [7, 11) is 0. The van der Waals surface area contributed by atoms with E-state index in [9.17, 15) is 19.8 Å². The zero-order valence-corrected chi connectivity index (χ0v) is 10.7. The van der Waals surface area contributed by atoms with Crippen molar-refractivity contribution in [1.29, 1.82) is 5.41 Å². The number of likely N-dealkylation sites (tertiary alicyclic amines) is 1. The number of piperidine rings is 1. The first-order chi connectivity index (χ1) is 8.79. The first kappa shape index (κ1) is 15.2. The van der Waals surface area contributed by atoms with Crippen molar-refractivity contribution < 1.29 is 24.9 Å². The molecule has 1 aliphatic heterocycles. The fourth-order valence-corrected chi connectivity index (χ4v) is 2.02. The lowest BCUT2D eigenvalue weighted by atomic mass is 9.96. The van der Waals surface area contributed by atoms with Gasteiger partial charge in [0.1, 0.15) is 5.76 Å². The van der Waals surface area contributed by atoms with E-state index in [1.54, 1.807) is 0 Å². The highest BCUT2D eigenvalue weighted by Gasteiger charge is 2.32. The van der Waals surface area contributed by atoms with Gasteiger partial charge in [0.15, 0.2) is 0 Å². The topological polar surface area (TPSA) is 122 Å². The summed E-state index contributed by atoms with van der Waals surface area (Å²) in [6.45, 7) is 1.56. The molecule has 4 N–H and O–H groups in total. The largest absolute Gasteiger partial charge is 0.512 e. The summed E-state index contributed by atoms with van der Waals surface area (Å²) in [6, 6.07) is 0. The van der Waals surface area contributed by atoms with E-state index < -0.39 is 23.9 Å².